The fourth-order valence-electron chi connectivity index (χ4n) is 0.876. The number of hydrogen-bond acceptors (Lipinski definition) is 4. The minimum atomic E-state index is -0.496. The monoisotopic (exact) mass is 262 g/mol. The molecule has 0 aromatic rings. The van der Waals surface area contributed by atoms with Crippen molar-refractivity contribution in [2.24, 2.45) is 0 Å². The van der Waals surface area contributed by atoms with Crippen LogP contribution in [-0.4, -0.2) is 48.5 Å². The summed E-state index contributed by atoms with van der Waals surface area (Å²) in [5.74, 6) is 0. The second-order valence-corrected chi connectivity index (χ2v) is 5.37. The maximum absolute atomic E-state index is 11.4. The fraction of sp³-hybridized carbons (Fsp3) is 0.818. The van der Waals surface area contributed by atoms with E-state index in [0.717, 1.165) is 0 Å². The molecule has 5 nitrogen and oxygen atoms in total. The summed E-state index contributed by atoms with van der Waals surface area (Å²) in [4.78, 5) is 13.1. The van der Waals surface area contributed by atoms with Gasteiger partial charge in [-0.05, 0) is 39.9 Å². The van der Waals surface area contributed by atoms with E-state index in [1.807, 2.05) is 27.7 Å². The molecule has 100 valence electrons. The molecule has 0 bridgehead atoms. The second kappa shape index (κ2) is 6.64. The van der Waals surface area contributed by atoms with Crippen LogP contribution in [0, 0.1) is 0 Å². The number of rotatable bonds is 3. The molecule has 0 aliphatic heterocycles. The van der Waals surface area contributed by atoms with E-state index in [1.54, 1.807) is 19.0 Å². The molecule has 17 heavy (non-hydrogen) atoms. The van der Waals surface area contributed by atoms with Gasteiger partial charge < -0.3 is 19.7 Å². The molecule has 6 heteroatoms. The molecular formula is C11H22N2O3S. The fourth-order valence-corrected chi connectivity index (χ4v) is 0.944. The van der Waals surface area contributed by atoms with Crippen molar-refractivity contribution in [3.05, 3.63) is 0 Å². The van der Waals surface area contributed by atoms with Gasteiger partial charge in [-0.2, -0.15) is 0 Å². The average molecular weight is 262 g/mol. The van der Waals surface area contributed by atoms with Crippen molar-refractivity contribution < 1.29 is 14.3 Å². The van der Waals surface area contributed by atoms with Gasteiger partial charge in [-0.1, -0.05) is 0 Å². The van der Waals surface area contributed by atoms with Gasteiger partial charge in [-0.3, -0.25) is 0 Å². The van der Waals surface area contributed by atoms with Gasteiger partial charge in [-0.25, -0.2) is 4.79 Å². The molecule has 0 heterocycles. The maximum atomic E-state index is 11.4. The van der Waals surface area contributed by atoms with Crippen LogP contribution in [0.3, 0.4) is 0 Å². The number of amides is 1. The Morgan fingerprint density at radius 2 is 1.94 bits per heavy atom. The number of ether oxygens (including phenoxy) is 2. The van der Waals surface area contributed by atoms with Crippen LogP contribution in [0.25, 0.3) is 0 Å². The maximum Gasteiger partial charge on any atom is 0.407 e. The summed E-state index contributed by atoms with van der Waals surface area (Å²) in [6.45, 7) is 7.58. The molecule has 0 fully saturated rings. The minimum Gasteiger partial charge on any atom is -0.469 e. The minimum absolute atomic E-state index is 0.164. The number of alkyl carbamates (subject to hydrolysis) is 1. The lowest BCUT2D eigenvalue weighted by atomic mass is 10.2. The molecule has 0 aromatic heterocycles. The molecular weight excluding hydrogens is 240 g/mol. The SMILES string of the molecule is C[C@H](COC(=S)N(C)C)NC(=O)OC(C)(C)C. The predicted octanol–water partition coefficient (Wildman–Crippen LogP) is 1.76. The summed E-state index contributed by atoms with van der Waals surface area (Å²) in [6, 6.07) is -0.164. The summed E-state index contributed by atoms with van der Waals surface area (Å²) in [5.41, 5.74) is -0.496. The Morgan fingerprint density at radius 3 is 2.35 bits per heavy atom. The molecule has 0 aliphatic carbocycles. The zero-order valence-electron chi connectivity index (χ0n) is 11.4. The van der Waals surface area contributed by atoms with Crippen molar-refractivity contribution in [1.82, 2.24) is 10.2 Å². The van der Waals surface area contributed by atoms with Crippen LogP contribution < -0.4 is 5.32 Å². The number of hydrogen-bond donors (Lipinski definition) is 1. The number of nitrogens with one attached hydrogen (secondary N) is 1. The van der Waals surface area contributed by atoms with Crippen molar-refractivity contribution in [3.63, 3.8) is 0 Å². The van der Waals surface area contributed by atoms with E-state index in [4.69, 9.17) is 21.7 Å². The molecule has 0 spiro atoms. The van der Waals surface area contributed by atoms with E-state index in [0.29, 0.717) is 11.8 Å². The van der Waals surface area contributed by atoms with Crippen molar-refractivity contribution in [1.29, 1.82) is 0 Å². The quantitative estimate of drug-likeness (QED) is 0.785. The lowest BCUT2D eigenvalue weighted by Gasteiger charge is -2.22. The van der Waals surface area contributed by atoms with Crippen LogP contribution in [0.15, 0.2) is 0 Å². The van der Waals surface area contributed by atoms with E-state index in [2.05, 4.69) is 5.32 Å². The molecule has 0 aliphatic rings. The third-order valence-corrected chi connectivity index (χ3v) is 2.07. The largest absolute Gasteiger partial charge is 0.469 e. The molecule has 1 amide bonds. The number of nitrogens with zero attached hydrogens (tertiary/aromatic N) is 1. The van der Waals surface area contributed by atoms with Gasteiger partial charge in [0.1, 0.15) is 12.2 Å². The van der Waals surface area contributed by atoms with Crippen LogP contribution in [0.1, 0.15) is 27.7 Å². The highest BCUT2D eigenvalue weighted by Gasteiger charge is 2.18. The molecule has 0 rings (SSSR count). The zero-order chi connectivity index (χ0) is 13.6. The highest BCUT2D eigenvalue weighted by atomic mass is 32.1. The smallest absolute Gasteiger partial charge is 0.407 e. The summed E-state index contributed by atoms with van der Waals surface area (Å²) < 4.78 is 10.4. The first-order chi connectivity index (χ1) is 7.61. The molecule has 1 atom stereocenters. The molecule has 0 aromatic carbocycles. The normalized spacial score (nSPS) is 12.6. The van der Waals surface area contributed by atoms with E-state index >= 15 is 0 Å². The van der Waals surface area contributed by atoms with Gasteiger partial charge in [-0.15, -0.1) is 0 Å². The van der Waals surface area contributed by atoms with E-state index in [1.165, 1.54) is 0 Å². The summed E-state index contributed by atoms with van der Waals surface area (Å²) in [6.07, 6.45) is -0.454. The lowest BCUT2D eigenvalue weighted by Crippen LogP contribution is -2.40. The van der Waals surface area contributed by atoms with Crippen molar-refractivity contribution in [2.45, 2.75) is 39.3 Å². The zero-order valence-corrected chi connectivity index (χ0v) is 12.2. The lowest BCUT2D eigenvalue weighted by molar-refractivity contribution is 0.0490. The highest BCUT2D eigenvalue weighted by Crippen LogP contribution is 2.06. The third kappa shape index (κ3) is 8.74. The average Bonchev–Trinajstić information content (AvgIpc) is 2.10. The summed E-state index contributed by atoms with van der Waals surface area (Å²) in [5, 5.41) is 3.06. The molecule has 0 saturated carbocycles. The Hall–Kier alpha value is -1.04. The molecule has 1 N–H and O–H groups in total. The van der Waals surface area contributed by atoms with Crippen LogP contribution in [0.2, 0.25) is 0 Å². The third-order valence-electron chi connectivity index (χ3n) is 1.59. The van der Waals surface area contributed by atoms with Gasteiger partial charge >= 0.3 is 6.09 Å². The van der Waals surface area contributed by atoms with E-state index in [9.17, 15) is 4.79 Å². The number of thiocarbonyl (C=S) groups is 1. The Bertz CT molecular complexity index is 274. The van der Waals surface area contributed by atoms with Crippen LogP contribution >= 0.6 is 12.2 Å². The van der Waals surface area contributed by atoms with Crippen LogP contribution in [0.4, 0.5) is 4.79 Å². The van der Waals surface area contributed by atoms with Gasteiger partial charge in [0, 0.05) is 14.1 Å². The van der Waals surface area contributed by atoms with Crippen molar-refractivity contribution >= 4 is 23.5 Å². The van der Waals surface area contributed by atoms with Gasteiger partial charge in [0.2, 0.25) is 0 Å². The summed E-state index contributed by atoms with van der Waals surface area (Å²) >= 11 is 4.96. The van der Waals surface area contributed by atoms with E-state index in [-0.39, 0.29) is 6.04 Å². The van der Waals surface area contributed by atoms with Gasteiger partial charge in [0.25, 0.3) is 5.17 Å². The first-order valence-corrected chi connectivity index (χ1v) is 5.86. The number of carbonyl (C=O) groups is 1. The van der Waals surface area contributed by atoms with Crippen LogP contribution in [-0.2, 0) is 9.47 Å². The first-order valence-electron chi connectivity index (χ1n) is 5.45. The topological polar surface area (TPSA) is 50.8 Å². The predicted molar refractivity (Wildman–Crippen MR) is 71.1 cm³/mol. The standard InChI is InChI=1S/C11H22N2O3S/c1-8(7-15-10(17)13(5)6)12-9(14)16-11(2,3)4/h8H,7H2,1-6H3,(H,12,14)/t8-/m1/s1. The molecule has 0 saturated heterocycles. The Balaban J connectivity index is 3.90. The van der Waals surface area contributed by atoms with Gasteiger partial charge in [0.15, 0.2) is 0 Å². The molecule has 0 unspecified atom stereocenters. The Morgan fingerprint density at radius 1 is 1.41 bits per heavy atom. The first kappa shape index (κ1) is 16.0. The number of carbonyl (C=O) groups excluding carboxylic acids is 1. The second-order valence-electron chi connectivity index (χ2n) is 5.02. The highest BCUT2D eigenvalue weighted by molar-refractivity contribution is 7.80. The van der Waals surface area contributed by atoms with E-state index < -0.39 is 11.7 Å². The van der Waals surface area contributed by atoms with Crippen LogP contribution in [0.5, 0.6) is 0 Å². The molecule has 0 radical (unpaired) electrons. The van der Waals surface area contributed by atoms with Crippen molar-refractivity contribution in [2.75, 3.05) is 20.7 Å². The summed E-state index contributed by atoms with van der Waals surface area (Å²) in [7, 11) is 3.60. The Labute approximate surface area is 108 Å². The van der Waals surface area contributed by atoms with Crippen molar-refractivity contribution in [3.8, 4) is 0 Å². The Kier molecular flexibility index (Phi) is 6.23. The van der Waals surface area contributed by atoms with Gasteiger partial charge in [0.05, 0.1) is 6.04 Å².